The van der Waals surface area contributed by atoms with Crippen LogP contribution in [0.4, 0.5) is 0 Å². The predicted octanol–water partition coefficient (Wildman–Crippen LogP) is 4.56. The van der Waals surface area contributed by atoms with Gasteiger partial charge in [0.2, 0.25) is 0 Å². The van der Waals surface area contributed by atoms with E-state index in [1.807, 2.05) is 30.3 Å². The third kappa shape index (κ3) is 2.59. The first-order chi connectivity index (χ1) is 11.2. The molecule has 2 aromatic carbocycles. The van der Waals surface area contributed by atoms with Crippen LogP contribution in [0.3, 0.4) is 0 Å². The summed E-state index contributed by atoms with van der Waals surface area (Å²) in [6.07, 6.45) is 2.43. The molecule has 4 nitrogen and oxygen atoms in total. The predicted molar refractivity (Wildman–Crippen MR) is 90.1 cm³/mol. The van der Waals surface area contributed by atoms with E-state index in [1.165, 1.54) is 0 Å². The van der Waals surface area contributed by atoms with Crippen LogP contribution in [0.1, 0.15) is 30.1 Å². The van der Waals surface area contributed by atoms with Crippen molar-refractivity contribution in [1.29, 1.82) is 0 Å². The Morgan fingerprint density at radius 2 is 1.87 bits per heavy atom. The highest BCUT2D eigenvalue weighted by Gasteiger charge is 2.32. The smallest absolute Gasteiger partial charge is 0.158 e. The summed E-state index contributed by atoms with van der Waals surface area (Å²) >= 11 is 0. The molecule has 4 rings (SSSR count). The maximum Gasteiger partial charge on any atom is 0.158 e. The number of benzene rings is 2. The molecule has 0 aliphatic heterocycles. The summed E-state index contributed by atoms with van der Waals surface area (Å²) in [6.45, 7) is 2.05. The first-order valence-corrected chi connectivity index (χ1v) is 7.99. The first kappa shape index (κ1) is 14.3. The standard InChI is InChI=1S/C19H20N2O2/c1-12-8-9-16-17(18(12)23-14-6-4-3-5-7-14)21-19(20-16)13-10-15(11-13)22-2/h3-9,13,15H,10-11H2,1-2H3,(H,20,21). The van der Waals surface area contributed by atoms with Gasteiger partial charge in [-0.3, -0.25) is 0 Å². The quantitative estimate of drug-likeness (QED) is 0.769. The molecule has 3 aromatic rings. The second-order valence-corrected chi connectivity index (χ2v) is 6.17. The van der Waals surface area contributed by atoms with Crippen LogP contribution in [0.5, 0.6) is 11.5 Å². The van der Waals surface area contributed by atoms with Gasteiger partial charge in [-0.05, 0) is 43.5 Å². The summed E-state index contributed by atoms with van der Waals surface area (Å²) in [7, 11) is 1.77. The molecule has 0 saturated heterocycles. The molecule has 0 bridgehead atoms. The van der Waals surface area contributed by atoms with Crippen LogP contribution >= 0.6 is 0 Å². The Morgan fingerprint density at radius 1 is 1.09 bits per heavy atom. The van der Waals surface area contributed by atoms with Crippen LogP contribution in [0.15, 0.2) is 42.5 Å². The van der Waals surface area contributed by atoms with Crippen molar-refractivity contribution >= 4 is 11.0 Å². The molecule has 23 heavy (non-hydrogen) atoms. The maximum absolute atomic E-state index is 6.10. The van der Waals surface area contributed by atoms with Crippen LogP contribution in [0.25, 0.3) is 11.0 Å². The third-order valence-electron chi connectivity index (χ3n) is 4.60. The number of methoxy groups -OCH3 is 1. The van der Waals surface area contributed by atoms with Crippen molar-refractivity contribution in [3.63, 3.8) is 0 Å². The first-order valence-electron chi connectivity index (χ1n) is 7.99. The normalized spacial score (nSPS) is 20.4. The lowest BCUT2D eigenvalue weighted by atomic mass is 9.82. The number of hydrogen-bond acceptors (Lipinski definition) is 3. The third-order valence-corrected chi connectivity index (χ3v) is 4.60. The average molecular weight is 308 g/mol. The van der Waals surface area contributed by atoms with E-state index in [1.54, 1.807) is 7.11 Å². The number of fused-ring (bicyclic) bond motifs is 1. The Bertz CT molecular complexity index is 820. The number of rotatable bonds is 4. The van der Waals surface area contributed by atoms with E-state index in [0.29, 0.717) is 12.0 Å². The Balaban J connectivity index is 1.69. The highest BCUT2D eigenvalue weighted by Crippen LogP contribution is 2.39. The fourth-order valence-electron chi connectivity index (χ4n) is 3.08. The lowest BCUT2D eigenvalue weighted by Gasteiger charge is -2.32. The van der Waals surface area contributed by atoms with Crippen molar-refractivity contribution < 1.29 is 9.47 Å². The van der Waals surface area contributed by atoms with Gasteiger partial charge in [0.25, 0.3) is 0 Å². The summed E-state index contributed by atoms with van der Waals surface area (Å²) in [6, 6.07) is 14.0. The van der Waals surface area contributed by atoms with Gasteiger partial charge >= 0.3 is 0 Å². The van der Waals surface area contributed by atoms with E-state index in [2.05, 4.69) is 24.0 Å². The minimum absolute atomic E-state index is 0.370. The zero-order valence-corrected chi connectivity index (χ0v) is 13.4. The molecule has 1 aromatic heterocycles. The van der Waals surface area contributed by atoms with Crippen LogP contribution < -0.4 is 4.74 Å². The lowest BCUT2D eigenvalue weighted by molar-refractivity contribution is 0.0239. The van der Waals surface area contributed by atoms with Crippen LogP contribution in [0.2, 0.25) is 0 Å². The van der Waals surface area contributed by atoms with Gasteiger partial charge in [-0.25, -0.2) is 4.98 Å². The van der Waals surface area contributed by atoms with E-state index in [-0.39, 0.29) is 0 Å². The summed E-state index contributed by atoms with van der Waals surface area (Å²) in [5.41, 5.74) is 3.02. The zero-order chi connectivity index (χ0) is 15.8. The molecule has 0 amide bonds. The fraction of sp³-hybridized carbons (Fsp3) is 0.316. The number of aryl methyl sites for hydroxylation is 1. The molecule has 1 aliphatic carbocycles. The van der Waals surface area contributed by atoms with Crippen LogP contribution in [-0.2, 0) is 4.74 Å². The fourth-order valence-corrected chi connectivity index (χ4v) is 3.08. The Hall–Kier alpha value is -2.33. The van der Waals surface area contributed by atoms with Crippen molar-refractivity contribution in [3.05, 3.63) is 53.9 Å². The largest absolute Gasteiger partial charge is 0.455 e. The van der Waals surface area contributed by atoms with Crippen LogP contribution in [-0.4, -0.2) is 23.2 Å². The van der Waals surface area contributed by atoms with Crippen molar-refractivity contribution in [3.8, 4) is 11.5 Å². The van der Waals surface area contributed by atoms with E-state index >= 15 is 0 Å². The number of H-pyrrole nitrogens is 1. The Kier molecular flexibility index (Phi) is 3.54. The molecule has 1 heterocycles. The molecular formula is C19H20N2O2. The molecule has 1 aliphatic rings. The molecule has 4 heteroatoms. The number of aromatic nitrogens is 2. The number of nitrogens with zero attached hydrogens (tertiary/aromatic N) is 1. The number of ether oxygens (including phenoxy) is 2. The Labute approximate surface area is 135 Å². The van der Waals surface area contributed by atoms with Crippen molar-refractivity contribution in [2.24, 2.45) is 0 Å². The molecule has 118 valence electrons. The molecule has 0 spiro atoms. The number of hydrogen-bond donors (Lipinski definition) is 1. The molecule has 0 radical (unpaired) electrons. The zero-order valence-electron chi connectivity index (χ0n) is 13.4. The minimum Gasteiger partial charge on any atom is -0.455 e. The summed E-state index contributed by atoms with van der Waals surface area (Å²) in [5.74, 6) is 3.16. The topological polar surface area (TPSA) is 47.1 Å². The SMILES string of the molecule is COC1CC(c2nc3c(Oc4ccccc4)c(C)ccc3[nH]2)C1. The van der Waals surface area contributed by atoms with Crippen LogP contribution in [0, 0.1) is 6.92 Å². The van der Waals surface area contributed by atoms with Gasteiger partial charge in [0.1, 0.15) is 17.1 Å². The van der Waals surface area contributed by atoms with Gasteiger partial charge in [0.15, 0.2) is 5.75 Å². The molecule has 1 saturated carbocycles. The summed E-state index contributed by atoms with van der Waals surface area (Å²) in [5, 5.41) is 0. The molecule has 1 N–H and O–H groups in total. The van der Waals surface area contributed by atoms with Gasteiger partial charge in [-0.1, -0.05) is 24.3 Å². The van der Waals surface area contributed by atoms with Crippen molar-refractivity contribution in [2.75, 3.05) is 7.11 Å². The molecular weight excluding hydrogens is 288 g/mol. The van der Waals surface area contributed by atoms with E-state index in [0.717, 1.165) is 46.8 Å². The van der Waals surface area contributed by atoms with Crippen molar-refractivity contribution in [1.82, 2.24) is 9.97 Å². The Morgan fingerprint density at radius 3 is 2.61 bits per heavy atom. The van der Waals surface area contributed by atoms with Gasteiger partial charge in [-0.2, -0.15) is 0 Å². The lowest BCUT2D eigenvalue weighted by Crippen LogP contribution is -2.29. The number of aromatic amines is 1. The van der Waals surface area contributed by atoms with Gasteiger partial charge in [0, 0.05) is 13.0 Å². The second kappa shape index (κ2) is 5.70. The minimum atomic E-state index is 0.370. The average Bonchev–Trinajstić information content (AvgIpc) is 2.94. The monoisotopic (exact) mass is 308 g/mol. The number of imidazole rings is 1. The maximum atomic E-state index is 6.10. The van der Waals surface area contributed by atoms with Gasteiger partial charge in [0.05, 0.1) is 11.6 Å². The van der Waals surface area contributed by atoms with Crippen molar-refractivity contribution in [2.45, 2.75) is 31.8 Å². The molecule has 0 atom stereocenters. The van der Waals surface area contributed by atoms with E-state index in [9.17, 15) is 0 Å². The number of nitrogens with one attached hydrogen (secondary N) is 1. The van der Waals surface area contributed by atoms with Gasteiger partial charge < -0.3 is 14.5 Å². The summed E-state index contributed by atoms with van der Waals surface area (Å²) < 4.78 is 11.5. The summed E-state index contributed by atoms with van der Waals surface area (Å²) in [4.78, 5) is 8.27. The van der Waals surface area contributed by atoms with E-state index < -0.39 is 0 Å². The van der Waals surface area contributed by atoms with Gasteiger partial charge in [-0.15, -0.1) is 0 Å². The second-order valence-electron chi connectivity index (χ2n) is 6.17. The highest BCUT2D eigenvalue weighted by molar-refractivity contribution is 5.83. The number of para-hydroxylation sites is 1. The van der Waals surface area contributed by atoms with E-state index in [4.69, 9.17) is 14.5 Å². The highest BCUT2D eigenvalue weighted by atomic mass is 16.5. The molecule has 0 unspecified atom stereocenters. The molecule has 1 fully saturated rings.